The van der Waals surface area contributed by atoms with Crippen LogP contribution in [-0.2, 0) is 4.79 Å². The molecule has 0 saturated heterocycles. The molecule has 1 aliphatic rings. The molecule has 3 nitrogen and oxygen atoms in total. The third kappa shape index (κ3) is 3.03. The lowest BCUT2D eigenvalue weighted by Crippen LogP contribution is -2.36. The molecule has 3 heteroatoms. The summed E-state index contributed by atoms with van der Waals surface area (Å²) in [5, 5.41) is 0. The standard InChI is InChI=1S/C15H21NO2/c1-4-16(13-6-7-13)15(17)10-18-14-8-5-11(2)9-12(14)3/h5,8-9,13H,4,6-7,10H2,1-3H3. The van der Waals surface area contributed by atoms with Crippen LogP contribution in [0.4, 0.5) is 0 Å². The molecule has 1 fully saturated rings. The van der Waals surface area contributed by atoms with Crippen molar-refractivity contribution in [2.24, 2.45) is 0 Å². The van der Waals surface area contributed by atoms with Crippen molar-refractivity contribution in [3.63, 3.8) is 0 Å². The molecule has 98 valence electrons. The first-order valence-electron chi connectivity index (χ1n) is 6.61. The number of nitrogens with zero attached hydrogens (tertiary/aromatic N) is 1. The Morgan fingerprint density at radius 3 is 2.67 bits per heavy atom. The normalized spacial score (nSPS) is 14.4. The minimum Gasteiger partial charge on any atom is -0.484 e. The second kappa shape index (κ2) is 5.42. The Kier molecular flexibility index (Phi) is 3.90. The zero-order valence-electron chi connectivity index (χ0n) is 11.4. The second-order valence-corrected chi connectivity index (χ2v) is 4.97. The number of hydrogen-bond donors (Lipinski definition) is 0. The molecule has 0 heterocycles. The van der Waals surface area contributed by atoms with E-state index in [4.69, 9.17) is 4.74 Å². The average Bonchev–Trinajstić information content (AvgIpc) is 3.13. The van der Waals surface area contributed by atoms with Gasteiger partial charge >= 0.3 is 0 Å². The number of carbonyl (C=O) groups is 1. The Hall–Kier alpha value is -1.51. The number of carbonyl (C=O) groups excluding carboxylic acids is 1. The van der Waals surface area contributed by atoms with Gasteiger partial charge in [0.2, 0.25) is 0 Å². The van der Waals surface area contributed by atoms with Gasteiger partial charge in [0, 0.05) is 12.6 Å². The fourth-order valence-electron chi connectivity index (χ4n) is 2.21. The van der Waals surface area contributed by atoms with Crippen molar-refractivity contribution in [1.82, 2.24) is 4.90 Å². The average molecular weight is 247 g/mol. The number of likely N-dealkylation sites (N-methyl/N-ethyl adjacent to an activating group) is 1. The quantitative estimate of drug-likeness (QED) is 0.800. The van der Waals surface area contributed by atoms with E-state index in [0.717, 1.165) is 30.7 Å². The second-order valence-electron chi connectivity index (χ2n) is 4.97. The molecule has 0 radical (unpaired) electrons. The Morgan fingerprint density at radius 1 is 1.39 bits per heavy atom. The van der Waals surface area contributed by atoms with Gasteiger partial charge in [-0.05, 0) is 45.2 Å². The number of benzene rings is 1. The van der Waals surface area contributed by atoms with Crippen LogP contribution in [0.1, 0.15) is 30.9 Å². The smallest absolute Gasteiger partial charge is 0.260 e. The van der Waals surface area contributed by atoms with Crippen LogP contribution in [0, 0.1) is 13.8 Å². The molecular formula is C15H21NO2. The van der Waals surface area contributed by atoms with Crippen LogP contribution in [0.3, 0.4) is 0 Å². The summed E-state index contributed by atoms with van der Waals surface area (Å²) in [7, 11) is 0. The maximum Gasteiger partial charge on any atom is 0.260 e. The van der Waals surface area contributed by atoms with E-state index < -0.39 is 0 Å². The summed E-state index contributed by atoms with van der Waals surface area (Å²) in [6.07, 6.45) is 2.28. The van der Waals surface area contributed by atoms with E-state index in [1.165, 1.54) is 5.56 Å². The number of aryl methyl sites for hydroxylation is 2. The van der Waals surface area contributed by atoms with Crippen LogP contribution in [0.5, 0.6) is 5.75 Å². The van der Waals surface area contributed by atoms with Crippen LogP contribution >= 0.6 is 0 Å². The van der Waals surface area contributed by atoms with Crippen molar-refractivity contribution in [3.05, 3.63) is 29.3 Å². The topological polar surface area (TPSA) is 29.5 Å². The fraction of sp³-hybridized carbons (Fsp3) is 0.533. The lowest BCUT2D eigenvalue weighted by Gasteiger charge is -2.20. The Morgan fingerprint density at radius 2 is 2.11 bits per heavy atom. The molecule has 0 N–H and O–H groups in total. The molecule has 1 saturated carbocycles. The third-order valence-corrected chi connectivity index (χ3v) is 3.33. The minimum atomic E-state index is 0.0972. The van der Waals surface area contributed by atoms with Crippen molar-refractivity contribution in [1.29, 1.82) is 0 Å². The maximum absolute atomic E-state index is 12.0. The number of ether oxygens (including phenoxy) is 1. The van der Waals surface area contributed by atoms with Crippen molar-refractivity contribution < 1.29 is 9.53 Å². The summed E-state index contributed by atoms with van der Waals surface area (Å²) in [6.45, 7) is 7.00. The highest BCUT2D eigenvalue weighted by molar-refractivity contribution is 5.78. The van der Waals surface area contributed by atoms with Gasteiger partial charge in [-0.15, -0.1) is 0 Å². The maximum atomic E-state index is 12.0. The molecule has 0 spiro atoms. The lowest BCUT2D eigenvalue weighted by molar-refractivity contribution is -0.133. The van der Waals surface area contributed by atoms with E-state index in [9.17, 15) is 4.79 Å². The minimum absolute atomic E-state index is 0.0972. The van der Waals surface area contributed by atoms with Crippen LogP contribution in [-0.4, -0.2) is 30.0 Å². The first-order chi connectivity index (χ1) is 8.61. The van der Waals surface area contributed by atoms with Gasteiger partial charge in [-0.1, -0.05) is 17.7 Å². The summed E-state index contributed by atoms with van der Waals surface area (Å²) >= 11 is 0. The van der Waals surface area contributed by atoms with E-state index in [2.05, 4.69) is 6.07 Å². The fourth-order valence-corrected chi connectivity index (χ4v) is 2.21. The van der Waals surface area contributed by atoms with Gasteiger partial charge in [-0.2, -0.15) is 0 Å². The molecule has 1 aliphatic carbocycles. The van der Waals surface area contributed by atoms with Crippen LogP contribution < -0.4 is 4.74 Å². The predicted molar refractivity (Wildman–Crippen MR) is 71.8 cm³/mol. The van der Waals surface area contributed by atoms with Crippen LogP contribution in [0.15, 0.2) is 18.2 Å². The predicted octanol–water partition coefficient (Wildman–Crippen LogP) is 2.69. The van der Waals surface area contributed by atoms with Gasteiger partial charge in [0.15, 0.2) is 6.61 Å². The number of hydrogen-bond acceptors (Lipinski definition) is 2. The van der Waals surface area contributed by atoms with Gasteiger partial charge < -0.3 is 9.64 Å². The molecule has 0 aromatic heterocycles. The molecule has 0 aliphatic heterocycles. The van der Waals surface area contributed by atoms with Crippen LogP contribution in [0.25, 0.3) is 0 Å². The zero-order chi connectivity index (χ0) is 13.1. The highest BCUT2D eigenvalue weighted by Crippen LogP contribution is 2.26. The monoisotopic (exact) mass is 247 g/mol. The van der Waals surface area contributed by atoms with E-state index in [0.29, 0.717) is 6.04 Å². The zero-order valence-corrected chi connectivity index (χ0v) is 11.4. The van der Waals surface area contributed by atoms with Gasteiger partial charge in [-0.3, -0.25) is 4.79 Å². The van der Waals surface area contributed by atoms with E-state index in [1.54, 1.807) is 0 Å². The molecule has 0 unspecified atom stereocenters. The number of rotatable bonds is 5. The molecule has 2 rings (SSSR count). The van der Waals surface area contributed by atoms with Gasteiger partial charge in [-0.25, -0.2) is 0 Å². The first-order valence-corrected chi connectivity index (χ1v) is 6.61. The molecule has 1 amide bonds. The highest BCUT2D eigenvalue weighted by Gasteiger charge is 2.31. The van der Waals surface area contributed by atoms with E-state index in [1.807, 2.05) is 37.8 Å². The first kappa shape index (κ1) is 12.9. The van der Waals surface area contributed by atoms with Gasteiger partial charge in [0.25, 0.3) is 5.91 Å². The molecule has 18 heavy (non-hydrogen) atoms. The lowest BCUT2D eigenvalue weighted by atomic mass is 10.1. The largest absolute Gasteiger partial charge is 0.484 e. The molecule has 0 bridgehead atoms. The Balaban J connectivity index is 1.92. The Labute approximate surface area is 109 Å². The summed E-state index contributed by atoms with van der Waals surface area (Å²) in [5.74, 6) is 0.903. The molecular weight excluding hydrogens is 226 g/mol. The third-order valence-electron chi connectivity index (χ3n) is 3.33. The van der Waals surface area contributed by atoms with Gasteiger partial charge in [0.05, 0.1) is 0 Å². The van der Waals surface area contributed by atoms with Crippen molar-refractivity contribution >= 4 is 5.91 Å². The SMILES string of the molecule is CCN(C(=O)COc1ccc(C)cc1C)C1CC1. The summed E-state index contributed by atoms with van der Waals surface area (Å²) < 4.78 is 5.62. The summed E-state index contributed by atoms with van der Waals surface area (Å²) in [4.78, 5) is 13.9. The molecule has 1 aromatic carbocycles. The number of amides is 1. The molecule has 0 atom stereocenters. The van der Waals surface area contributed by atoms with Gasteiger partial charge in [0.1, 0.15) is 5.75 Å². The molecule has 1 aromatic rings. The van der Waals surface area contributed by atoms with Crippen LogP contribution in [0.2, 0.25) is 0 Å². The highest BCUT2D eigenvalue weighted by atomic mass is 16.5. The van der Waals surface area contributed by atoms with E-state index >= 15 is 0 Å². The van der Waals surface area contributed by atoms with Crippen molar-refractivity contribution in [3.8, 4) is 5.75 Å². The van der Waals surface area contributed by atoms with Crippen molar-refractivity contribution in [2.75, 3.05) is 13.2 Å². The summed E-state index contributed by atoms with van der Waals surface area (Å²) in [6, 6.07) is 6.47. The Bertz CT molecular complexity index is 438. The van der Waals surface area contributed by atoms with E-state index in [-0.39, 0.29) is 12.5 Å². The van der Waals surface area contributed by atoms with Crippen molar-refractivity contribution in [2.45, 2.75) is 39.7 Å². The summed E-state index contributed by atoms with van der Waals surface area (Å²) in [5.41, 5.74) is 2.29.